The van der Waals surface area contributed by atoms with Gasteiger partial charge in [0, 0.05) is 19.3 Å². The van der Waals surface area contributed by atoms with E-state index in [-0.39, 0.29) is 5.91 Å². The molecule has 0 aliphatic heterocycles. The maximum atomic E-state index is 12.4. The van der Waals surface area contributed by atoms with E-state index in [1.165, 1.54) is 16.0 Å². The summed E-state index contributed by atoms with van der Waals surface area (Å²) >= 11 is 1.53. The molecule has 24 heavy (non-hydrogen) atoms. The molecule has 0 unspecified atom stereocenters. The predicted molar refractivity (Wildman–Crippen MR) is 92.6 cm³/mol. The first-order chi connectivity index (χ1) is 11.6. The predicted octanol–water partition coefficient (Wildman–Crippen LogP) is 2.78. The molecule has 0 saturated heterocycles. The second-order valence-electron chi connectivity index (χ2n) is 5.34. The SMILES string of the molecule is Cc1cc(NC(=O)c2ccnn2C)n(-c2nc3ccccc3s2)n1. The highest BCUT2D eigenvalue weighted by molar-refractivity contribution is 7.20. The number of hydrogen-bond acceptors (Lipinski definition) is 5. The molecule has 7 nitrogen and oxygen atoms in total. The summed E-state index contributed by atoms with van der Waals surface area (Å²) < 4.78 is 4.26. The average molecular weight is 338 g/mol. The number of benzene rings is 1. The molecular formula is C16H14N6OS. The number of carbonyl (C=O) groups excluding carboxylic acids is 1. The van der Waals surface area contributed by atoms with Crippen LogP contribution in [0.4, 0.5) is 5.82 Å². The Morgan fingerprint density at radius 1 is 1.25 bits per heavy atom. The van der Waals surface area contributed by atoms with Gasteiger partial charge in [0.05, 0.1) is 15.9 Å². The number of rotatable bonds is 3. The Morgan fingerprint density at radius 3 is 2.83 bits per heavy atom. The molecule has 120 valence electrons. The minimum atomic E-state index is -0.239. The maximum absolute atomic E-state index is 12.4. The summed E-state index contributed by atoms with van der Waals surface area (Å²) in [6, 6.07) is 11.4. The van der Waals surface area contributed by atoms with Crippen LogP contribution in [0.15, 0.2) is 42.6 Å². The Balaban J connectivity index is 1.72. The van der Waals surface area contributed by atoms with Crippen molar-refractivity contribution in [2.24, 2.45) is 7.05 Å². The van der Waals surface area contributed by atoms with Gasteiger partial charge in [-0.25, -0.2) is 4.98 Å². The minimum Gasteiger partial charge on any atom is -0.305 e. The zero-order valence-corrected chi connectivity index (χ0v) is 13.9. The molecule has 0 saturated carbocycles. The van der Waals surface area contributed by atoms with E-state index in [4.69, 9.17) is 0 Å². The second-order valence-corrected chi connectivity index (χ2v) is 6.35. The van der Waals surface area contributed by atoms with Gasteiger partial charge in [-0.05, 0) is 25.1 Å². The van der Waals surface area contributed by atoms with Crippen molar-refractivity contribution in [1.29, 1.82) is 0 Å². The average Bonchev–Trinajstić information content (AvgIpc) is 3.24. The van der Waals surface area contributed by atoms with E-state index in [0.717, 1.165) is 15.9 Å². The third-order valence-corrected chi connectivity index (χ3v) is 4.60. The van der Waals surface area contributed by atoms with Crippen LogP contribution in [0, 0.1) is 6.92 Å². The third-order valence-electron chi connectivity index (χ3n) is 3.59. The van der Waals surface area contributed by atoms with Crippen LogP contribution in [0.25, 0.3) is 15.3 Å². The van der Waals surface area contributed by atoms with Gasteiger partial charge in [0.1, 0.15) is 11.5 Å². The molecule has 4 aromatic rings. The van der Waals surface area contributed by atoms with E-state index in [9.17, 15) is 4.79 Å². The van der Waals surface area contributed by atoms with Crippen LogP contribution in [-0.2, 0) is 7.05 Å². The number of amides is 1. The van der Waals surface area contributed by atoms with E-state index in [1.807, 2.05) is 37.3 Å². The zero-order chi connectivity index (χ0) is 16.7. The van der Waals surface area contributed by atoms with Crippen molar-refractivity contribution in [2.45, 2.75) is 6.92 Å². The van der Waals surface area contributed by atoms with Gasteiger partial charge in [-0.15, -0.1) is 0 Å². The lowest BCUT2D eigenvalue weighted by atomic mass is 10.3. The second kappa shape index (κ2) is 5.57. The van der Waals surface area contributed by atoms with E-state index < -0.39 is 0 Å². The van der Waals surface area contributed by atoms with Crippen molar-refractivity contribution in [1.82, 2.24) is 24.5 Å². The topological polar surface area (TPSA) is 77.6 Å². The number of anilines is 1. The first-order valence-electron chi connectivity index (χ1n) is 7.34. The summed E-state index contributed by atoms with van der Waals surface area (Å²) in [4.78, 5) is 17.0. The largest absolute Gasteiger partial charge is 0.305 e. The molecule has 1 N–H and O–H groups in total. The highest BCUT2D eigenvalue weighted by atomic mass is 32.1. The van der Waals surface area contributed by atoms with Gasteiger partial charge in [-0.3, -0.25) is 9.48 Å². The zero-order valence-electron chi connectivity index (χ0n) is 13.1. The molecule has 8 heteroatoms. The van der Waals surface area contributed by atoms with Crippen LogP contribution in [0.1, 0.15) is 16.2 Å². The minimum absolute atomic E-state index is 0.239. The van der Waals surface area contributed by atoms with Gasteiger partial charge in [-0.1, -0.05) is 23.5 Å². The van der Waals surface area contributed by atoms with Crippen LogP contribution in [-0.4, -0.2) is 30.5 Å². The summed E-state index contributed by atoms with van der Waals surface area (Å²) in [5.74, 6) is 0.343. The normalized spacial score (nSPS) is 11.1. The van der Waals surface area contributed by atoms with Crippen LogP contribution < -0.4 is 5.32 Å². The molecule has 0 aliphatic rings. The third kappa shape index (κ3) is 2.46. The molecule has 0 bridgehead atoms. The van der Waals surface area contributed by atoms with Gasteiger partial charge >= 0.3 is 0 Å². The van der Waals surface area contributed by atoms with E-state index >= 15 is 0 Å². The number of aromatic nitrogens is 5. The van der Waals surface area contributed by atoms with E-state index in [0.29, 0.717) is 16.6 Å². The highest BCUT2D eigenvalue weighted by Gasteiger charge is 2.16. The number of aryl methyl sites for hydroxylation is 2. The van der Waals surface area contributed by atoms with Crippen LogP contribution in [0.5, 0.6) is 0 Å². The molecule has 4 rings (SSSR count). The number of para-hydroxylation sites is 1. The van der Waals surface area contributed by atoms with Crippen molar-refractivity contribution in [3.8, 4) is 5.13 Å². The van der Waals surface area contributed by atoms with Crippen molar-refractivity contribution in [3.05, 3.63) is 54.0 Å². The Hall–Kier alpha value is -3.00. The standard InChI is InChI=1S/C16H14N6OS/c1-10-9-14(19-15(23)12-7-8-17-21(12)2)22(20-10)16-18-11-5-3-4-6-13(11)24-16/h3-9H,1-2H3,(H,19,23). The lowest BCUT2D eigenvalue weighted by Crippen LogP contribution is -2.18. The summed E-state index contributed by atoms with van der Waals surface area (Å²) in [6.07, 6.45) is 1.59. The molecule has 0 aliphatic carbocycles. The van der Waals surface area contributed by atoms with Gasteiger partial charge in [0.2, 0.25) is 5.13 Å². The summed E-state index contributed by atoms with van der Waals surface area (Å²) in [6.45, 7) is 1.88. The Kier molecular flexibility index (Phi) is 3.39. The number of nitrogens with one attached hydrogen (secondary N) is 1. The van der Waals surface area contributed by atoms with Crippen molar-refractivity contribution in [3.63, 3.8) is 0 Å². The molecule has 0 fully saturated rings. The van der Waals surface area contributed by atoms with Crippen LogP contribution in [0.3, 0.4) is 0 Å². The smallest absolute Gasteiger partial charge is 0.275 e. The molecule has 1 aromatic carbocycles. The maximum Gasteiger partial charge on any atom is 0.275 e. The van der Waals surface area contributed by atoms with E-state index in [2.05, 4.69) is 20.5 Å². The van der Waals surface area contributed by atoms with Crippen LogP contribution >= 0.6 is 11.3 Å². The number of hydrogen-bond donors (Lipinski definition) is 1. The molecule has 3 aromatic heterocycles. The molecule has 0 radical (unpaired) electrons. The van der Waals surface area contributed by atoms with E-state index in [1.54, 1.807) is 24.0 Å². The number of nitrogens with zero attached hydrogens (tertiary/aromatic N) is 5. The fourth-order valence-corrected chi connectivity index (χ4v) is 3.39. The first-order valence-corrected chi connectivity index (χ1v) is 8.15. The lowest BCUT2D eigenvalue weighted by Gasteiger charge is -2.06. The quantitative estimate of drug-likeness (QED) is 0.623. The summed E-state index contributed by atoms with van der Waals surface area (Å²) in [5, 5.41) is 12.1. The molecule has 0 atom stereocenters. The van der Waals surface area contributed by atoms with Gasteiger partial charge < -0.3 is 5.32 Å². The van der Waals surface area contributed by atoms with Crippen LogP contribution in [0.2, 0.25) is 0 Å². The van der Waals surface area contributed by atoms with Crippen molar-refractivity contribution >= 4 is 33.3 Å². The molecule has 3 heterocycles. The highest BCUT2D eigenvalue weighted by Crippen LogP contribution is 2.27. The number of carbonyl (C=O) groups is 1. The monoisotopic (exact) mass is 338 g/mol. The summed E-state index contributed by atoms with van der Waals surface area (Å²) in [7, 11) is 1.73. The number of thiazole rings is 1. The number of fused-ring (bicyclic) bond motifs is 1. The van der Waals surface area contributed by atoms with Crippen molar-refractivity contribution < 1.29 is 4.79 Å². The van der Waals surface area contributed by atoms with Gasteiger partial charge in [-0.2, -0.15) is 14.9 Å². The van der Waals surface area contributed by atoms with Gasteiger partial charge in [0.25, 0.3) is 5.91 Å². The lowest BCUT2D eigenvalue weighted by molar-refractivity contribution is 0.101. The fraction of sp³-hybridized carbons (Fsp3) is 0.125. The molecule has 1 amide bonds. The van der Waals surface area contributed by atoms with Crippen molar-refractivity contribution in [2.75, 3.05) is 5.32 Å². The Bertz CT molecular complexity index is 1010. The Labute approximate surface area is 141 Å². The summed E-state index contributed by atoms with van der Waals surface area (Å²) in [5.41, 5.74) is 2.19. The first kappa shape index (κ1) is 14.6. The molecular weight excluding hydrogens is 324 g/mol. The fourth-order valence-electron chi connectivity index (χ4n) is 2.46. The Morgan fingerprint density at radius 2 is 2.08 bits per heavy atom. The van der Waals surface area contributed by atoms with Gasteiger partial charge in [0.15, 0.2) is 0 Å². The molecule has 0 spiro atoms.